The smallest absolute Gasteiger partial charge is 0.305 e. The number of anilines is 1. The Morgan fingerprint density at radius 1 is 1.15 bits per heavy atom. The van der Waals surface area contributed by atoms with Crippen LogP contribution in [-0.4, -0.2) is 23.4 Å². The molecular weight excluding hydrogens is 345 g/mol. The van der Waals surface area contributed by atoms with E-state index in [9.17, 15) is 22.8 Å². The third-order valence-corrected chi connectivity index (χ3v) is 4.42. The van der Waals surface area contributed by atoms with E-state index in [2.05, 4.69) is 5.32 Å². The summed E-state index contributed by atoms with van der Waals surface area (Å²) in [6, 6.07) is 11.0. The van der Waals surface area contributed by atoms with Gasteiger partial charge in [-0.25, -0.2) is 18.0 Å². The monoisotopic (exact) mass is 362 g/mol. The molecule has 1 N–H and O–H groups in total. The van der Waals surface area contributed by atoms with Gasteiger partial charge in [-0.15, -0.1) is 0 Å². The second-order valence-corrected chi connectivity index (χ2v) is 6.12. The average molecular weight is 362 g/mol. The molecule has 1 aliphatic heterocycles. The second kappa shape index (κ2) is 7.59. The van der Waals surface area contributed by atoms with E-state index in [0.717, 1.165) is 4.90 Å². The first-order valence-electron chi connectivity index (χ1n) is 8.19. The van der Waals surface area contributed by atoms with Gasteiger partial charge >= 0.3 is 6.03 Å². The number of hydrogen-bond acceptors (Lipinski definition) is 2. The van der Waals surface area contributed by atoms with Gasteiger partial charge in [-0.3, -0.25) is 9.69 Å². The summed E-state index contributed by atoms with van der Waals surface area (Å²) >= 11 is 0. The van der Waals surface area contributed by atoms with Gasteiger partial charge in [0.25, 0.3) is 6.43 Å². The Bertz CT molecular complexity index is 826. The predicted molar refractivity (Wildman–Crippen MR) is 90.5 cm³/mol. The molecule has 1 saturated heterocycles. The van der Waals surface area contributed by atoms with Gasteiger partial charge in [0, 0.05) is 18.5 Å². The highest BCUT2D eigenvalue weighted by Crippen LogP contribution is 2.31. The van der Waals surface area contributed by atoms with Crippen LogP contribution in [0.1, 0.15) is 36.3 Å². The van der Waals surface area contributed by atoms with Gasteiger partial charge in [0.05, 0.1) is 5.69 Å². The van der Waals surface area contributed by atoms with Crippen LogP contribution in [0.4, 0.5) is 23.7 Å². The minimum absolute atomic E-state index is 0.00272. The number of alkyl halides is 2. The molecule has 0 aromatic heterocycles. The van der Waals surface area contributed by atoms with E-state index >= 15 is 0 Å². The van der Waals surface area contributed by atoms with Gasteiger partial charge in [0.2, 0.25) is 5.91 Å². The Hall–Kier alpha value is -2.83. The number of nitrogens with zero attached hydrogens (tertiary/aromatic N) is 1. The Kier molecular flexibility index (Phi) is 5.25. The zero-order valence-electron chi connectivity index (χ0n) is 13.8. The van der Waals surface area contributed by atoms with Crippen LogP contribution in [0.25, 0.3) is 0 Å². The Labute approximate surface area is 148 Å². The summed E-state index contributed by atoms with van der Waals surface area (Å²) in [6.45, 7) is 0.142. The lowest BCUT2D eigenvalue weighted by atomic mass is 9.88. The highest BCUT2D eigenvalue weighted by atomic mass is 19.3. The molecule has 0 spiro atoms. The number of nitrogens with one attached hydrogen (secondary N) is 1. The maximum atomic E-state index is 13.6. The number of urea groups is 1. The lowest BCUT2D eigenvalue weighted by molar-refractivity contribution is -0.130. The molecule has 0 bridgehead atoms. The zero-order chi connectivity index (χ0) is 18.7. The molecule has 26 heavy (non-hydrogen) atoms. The minimum Gasteiger partial charge on any atom is -0.305 e. The first-order valence-corrected chi connectivity index (χ1v) is 8.19. The third kappa shape index (κ3) is 3.87. The highest BCUT2D eigenvalue weighted by molar-refractivity contribution is 6.01. The number of rotatable bonds is 3. The molecule has 1 atom stereocenters. The topological polar surface area (TPSA) is 49.4 Å². The van der Waals surface area contributed by atoms with E-state index in [1.165, 1.54) is 30.3 Å². The van der Waals surface area contributed by atoms with E-state index in [1.807, 2.05) is 0 Å². The number of piperidine rings is 1. The molecule has 2 aromatic carbocycles. The van der Waals surface area contributed by atoms with Crippen LogP contribution < -0.4 is 5.32 Å². The molecule has 1 unspecified atom stereocenters. The lowest BCUT2D eigenvalue weighted by Gasteiger charge is -2.30. The number of hydrogen-bond donors (Lipinski definition) is 1. The van der Waals surface area contributed by atoms with Gasteiger partial charge in [-0.1, -0.05) is 30.3 Å². The predicted octanol–water partition coefficient (Wildman–Crippen LogP) is 4.70. The van der Waals surface area contributed by atoms with Crippen molar-refractivity contribution in [1.29, 1.82) is 0 Å². The van der Waals surface area contributed by atoms with Crippen molar-refractivity contribution in [3.8, 4) is 0 Å². The van der Waals surface area contributed by atoms with Crippen molar-refractivity contribution in [1.82, 2.24) is 4.90 Å². The van der Waals surface area contributed by atoms with Crippen molar-refractivity contribution in [2.45, 2.75) is 25.2 Å². The molecule has 1 fully saturated rings. The summed E-state index contributed by atoms with van der Waals surface area (Å²) in [5.74, 6) is -1.23. The third-order valence-electron chi connectivity index (χ3n) is 4.42. The molecule has 0 aliphatic carbocycles. The van der Waals surface area contributed by atoms with Crippen LogP contribution in [0.5, 0.6) is 0 Å². The summed E-state index contributed by atoms with van der Waals surface area (Å²) in [5.41, 5.74) is 0.567. The van der Waals surface area contributed by atoms with Crippen molar-refractivity contribution in [2.75, 3.05) is 11.9 Å². The molecular formula is C19H17F3N2O2. The molecule has 4 nitrogen and oxygen atoms in total. The SMILES string of the molecule is O=C1CC(c2cccc(C(F)F)c2)CCN1C(=O)Nc1ccccc1F. The van der Waals surface area contributed by atoms with Crippen LogP contribution in [0, 0.1) is 5.82 Å². The maximum Gasteiger partial charge on any atom is 0.328 e. The van der Waals surface area contributed by atoms with E-state index in [1.54, 1.807) is 18.2 Å². The van der Waals surface area contributed by atoms with Gasteiger partial charge in [-0.2, -0.15) is 0 Å². The van der Waals surface area contributed by atoms with Crippen LogP contribution in [-0.2, 0) is 4.79 Å². The molecule has 1 aliphatic rings. The summed E-state index contributed by atoms with van der Waals surface area (Å²) in [6.07, 6.45) is -2.07. The summed E-state index contributed by atoms with van der Waals surface area (Å²) in [5, 5.41) is 2.38. The number of carbonyl (C=O) groups is 2. The fraction of sp³-hybridized carbons (Fsp3) is 0.263. The van der Waals surface area contributed by atoms with E-state index in [0.29, 0.717) is 12.0 Å². The number of benzene rings is 2. The Morgan fingerprint density at radius 2 is 1.92 bits per heavy atom. The zero-order valence-corrected chi connectivity index (χ0v) is 13.8. The minimum atomic E-state index is -2.57. The van der Waals surface area contributed by atoms with Gasteiger partial charge in [0.15, 0.2) is 0 Å². The van der Waals surface area contributed by atoms with Crippen molar-refractivity contribution in [3.05, 3.63) is 65.5 Å². The summed E-state index contributed by atoms with van der Waals surface area (Å²) < 4.78 is 39.3. The first-order chi connectivity index (χ1) is 12.5. The molecule has 1 heterocycles. The maximum absolute atomic E-state index is 13.6. The van der Waals surface area contributed by atoms with Crippen LogP contribution in [0.3, 0.4) is 0 Å². The number of halogens is 3. The van der Waals surface area contributed by atoms with Crippen molar-refractivity contribution >= 4 is 17.6 Å². The van der Waals surface area contributed by atoms with E-state index in [4.69, 9.17) is 0 Å². The number of imide groups is 1. The van der Waals surface area contributed by atoms with E-state index in [-0.39, 0.29) is 30.1 Å². The lowest BCUT2D eigenvalue weighted by Crippen LogP contribution is -2.44. The van der Waals surface area contributed by atoms with Gasteiger partial charge in [0.1, 0.15) is 5.82 Å². The number of likely N-dealkylation sites (tertiary alicyclic amines) is 1. The van der Waals surface area contributed by atoms with Gasteiger partial charge < -0.3 is 5.32 Å². The molecule has 2 aromatic rings. The number of carbonyl (C=O) groups excluding carboxylic acids is 2. The summed E-state index contributed by atoms with van der Waals surface area (Å²) in [7, 11) is 0. The fourth-order valence-electron chi connectivity index (χ4n) is 3.03. The van der Waals surface area contributed by atoms with Crippen molar-refractivity contribution in [2.24, 2.45) is 0 Å². The highest BCUT2D eigenvalue weighted by Gasteiger charge is 2.31. The number of amides is 3. The van der Waals surface area contributed by atoms with Crippen molar-refractivity contribution < 1.29 is 22.8 Å². The first kappa shape index (κ1) is 18.0. The second-order valence-electron chi connectivity index (χ2n) is 6.12. The Morgan fingerprint density at radius 3 is 2.62 bits per heavy atom. The molecule has 3 rings (SSSR count). The van der Waals surface area contributed by atoms with E-state index < -0.39 is 24.2 Å². The molecule has 7 heteroatoms. The van der Waals surface area contributed by atoms with Gasteiger partial charge in [-0.05, 0) is 36.1 Å². The largest absolute Gasteiger partial charge is 0.328 e. The number of para-hydroxylation sites is 1. The van der Waals surface area contributed by atoms with Crippen LogP contribution in [0.15, 0.2) is 48.5 Å². The molecule has 136 valence electrons. The quantitative estimate of drug-likeness (QED) is 0.860. The standard InChI is InChI=1S/C19H17F3N2O2/c20-15-6-1-2-7-16(15)23-19(26)24-9-8-13(11-17(24)25)12-4-3-5-14(10-12)18(21)22/h1-7,10,13,18H,8-9,11H2,(H,23,26). The fourth-order valence-corrected chi connectivity index (χ4v) is 3.03. The Balaban J connectivity index is 1.67. The summed E-state index contributed by atoms with van der Waals surface area (Å²) in [4.78, 5) is 25.6. The normalized spacial score (nSPS) is 17.5. The van der Waals surface area contributed by atoms with Crippen LogP contribution in [0.2, 0.25) is 0 Å². The van der Waals surface area contributed by atoms with Crippen LogP contribution >= 0.6 is 0 Å². The molecule has 3 amide bonds. The molecule has 0 radical (unpaired) electrons. The van der Waals surface area contributed by atoms with Crippen molar-refractivity contribution in [3.63, 3.8) is 0 Å². The average Bonchev–Trinajstić information content (AvgIpc) is 2.63. The molecule has 0 saturated carbocycles.